The number of nitro benzene ring substituents is 1. The first-order chi connectivity index (χ1) is 14.8. The van der Waals surface area contributed by atoms with E-state index in [-0.39, 0.29) is 17.3 Å². The van der Waals surface area contributed by atoms with Gasteiger partial charge in [-0.1, -0.05) is 40.9 Å². The monoisotopic (exact) mass is 477 g/mol. The number of hydrazone groups is 1. The van der Waals surface area contributed by atoms with E-state index < -0.39 is 10.8 Å². The van der Waals surface area contributed by atoms with Crippen molar-refractivity contribution in [1.29, 1.82) is 0 Å². The van der Waals surface area contributed by atoms with E-state index >= 15 is 0 Å². The van der Waals surface area contributed by atoms with Gasteiger partial charge < -0.3 is 4.74 Å². The fourth-order valence-electron chi connectivity index (χ4n) is 2.47. The lowest BCUT2D eigenvalue weighted by Gasteiger charge is -2.08. The number of ether oxygens (including phenoxy) is 1. The van der Waals surface area contributed by atoms with Gasteiger partial charge >= 0.3 is 0 Å². The summed E-state index contributed by atoms with van der Waals surface area (Å²) in [5.74, 6) is 0.0829. The van der Waals surface area contributed by atoms with Gasteiger partial charge in [0, 0.05) is 43.9 Å². The predicted molar refractivity (Wildman–Crippen MR) is 120 cm³/mol. The van der Waals surface area contributed by atoms with Crippen molar-refractivity contribution < 1.29 is 14.5 Å². The molecular weight excluding hydrogens is 465 g/mol. The topological polar surface area (TPSA) is 93.8 Å². The summed E-state index contributed by atoms with van der Waals surface area (Å²) in [5.41, 5.74) is 3.65. The van der Waals surface area contributed by atoms with Gasteiger partial charge in [-0.05, 0) is 42.5 Å². The Morgan fingerprint density at radius 2 is 1.77 bits per heavy atom. The van der Waals surface area contributed by atoms with E-state index in [9.17, 15) is 14.9 Å². The first-order valence-electron chi connectivity index (χ1n) is 8.77. The van der Waals surface area contributed by atoms with Crippen LogP contribution < -0.4 is 10.2 Å². The second-order valence-electron chi connectivity index (χ2n) is 6.21. The van der Waals surface area contributed by atoms with Crippen molar-refractivity contribution in [3.63, 3.8) is 0 Å². The number of nitrogens with one attached hydrogen (secondary N) is 1. The molecule has 3 rings (SSSR count). The Morgan fingerprint density at radius 1 is 1.03 bits per heavy atom. The first-order valence-corrected chi connectivity index (χ1v) is 9.91. The van der Waals surface area contributed by atoms with Gasteiger partial charge in [-0.25, -0.2) is 5.43 Å². The summed E-state index contributed by atoms with van der Waals surface area (Å²) in [6.07, 6.45) is 1.24. The summed E-state index contributed by atoms with van der Waals surface area (Å²) in [7, 11) is 0. The SMILES string of the molecule is O=C(N/N=C/c1cc([N+](=O)[O-])ccc1Cl)c1ccc(OCc2ccc(Cl)cc2Cl)cc1. The van der Waals surface area contributed by atoms with E-state index in [1.807, 2.05) is 0 Å². The van der Waals surface area contributed by atoms with Gasteiger partial charge in [-0.15, -0.1) is 0 Å². The van der Waals surface area contributed by atoms with Crippen molar-refractivity contribution in [2.24, 2.45) is 5.10 Å². The largest absolute Gasteiger partial charge is 0.489 e. The lowest BCUT2D eigenvalue weighted by atomic mass is 10.2. The van der Waals surface area contributed by atoms with Crippen LogP contribution in [0.3, 0.4) is 0 Å². The number of nitro groups is 1. The molecule has 3 aromatic rings. The molecule has 0 unspecified atom stereocenters. The van der Waals surface area contributed by atoms with Crippen LogP contribution in [0.1, 0.15) is 21.5 Å². The maximum Gasteiger partial charge on any atom is 0.271 e. The molecule has 0 aliphatic heterocycles. The van der Waals surface area contributed by atoms with E-state index in [1.54, 1.807) is 42.5 Å². The maximum absolute atomic E-state index is 12.2. The third-order valence-electron chi connectivity index (χ3n) is 4.09. The molecule has 0 fully saturated rings. The van der Waals surface area contributed by atoms with Crippen LogP contribution in [0.2, 0.25) is 15.1 Å². The fraction of sp³-hybridized carbons (Fsp3) is 0.0476. The molecule has 3 aromatic carbocycles. The minimum atomic E-state index is -0.545. The van der Waals surface area contributed by atoms with E-state index in [0.717, 1.165) is 5.56 Å². The summed E-state index contributed by atoms with van der Waals surface area (Å²) in [5, 5.41) is 16.0. The number of non-ortho nitro benzene ring substituents is 1. The normalized spacial score (nSPS) is 10.8. The van der Waals surface area contributed by atoms with Gasteiger partial charge in [0.05, 0.1) is 11.1 Å². The molecule has 31 heavy (non-hydrogen) atoms. The zero-order chi connectivity index (χ0) is 22.4. The molecule has 1 amide bonds. The maximum atomic E-state index is 12.2. The third kappa shape index (κ3) is 6.18. The lowest BCUT2D eigenvalue weighted by Crippen LogP contribution is -2.17. The molecule has 0 spiro atoms. The number of nitrogens with zero attached hydrogens (tertiary/aromatic N) is 2. The molecule has 0 atom stereocenters. The van der Waals surface area contributed by atoms with Gasteiger partial charge in [0.25, 0.3) is 11.6 Å². The number of halogens is 3. The highest BCUT2D eigenvalue weighted by Crippen LogP contribution is 2.23. The van der Waals surface area contributed by atoms with Crippen LogP contribution >= 0.6 is 34.8 Å². The van der Waals surface area contributed by atoms with Gasteiger partial charge in [0.15, 0.2) is 0 Å². The number of hydrogen-bond acceptors (Lipinski definition) is 5. The number of hydrogen-bond donors (Lipinski definition) is 1. The quantitative estimate of drug-likeness (QED) is 0.260. The zero-order valence-corrected chi connectivity index (χ0v) is 18.0. The smallest absolute Gasteiger partial charge is 0.271 e. The van der Waals surface area contributed by atoms with Crippen LogP contribution in [0.25, 0.3) is 0 Å². The standard InChI is InChI=1S/C21H14Cl3N3O4/c22-16-4-1-14(20(24)10-16)12-31-18-6-2-13(3-7-18)21(28)26-25-11-15-9-17(27(29)30)5-8-19(15)23/h1-11H,12H2,(H,26,28)/b25-11+. The second kappa shape index (κ2) is 10.3. The van der Waals surface area contributed by atoms with Crippen LogP contribution in [0.15, 0.2) is 65.8 Å². The van der Waals surface area contributed by atoms with Crippen molar-refractivity contribution in [3.8, 4) is 5.75 Å². The molecule has 0 saturated heterocycles. The molecule has 158 valence electrons. The zero-order valence-electron chi connectivity index (χ0n) is 15.7. The van der Waals surface area contributed by atoms with Crippen molar-refractivity contribution in [1.82, 2.24) is 5.43 Å². The molecule has 7 nitrogen and oxygen atoms in total. The summed E-state index contributed by atoms with van der Waals surface area (Å²) in [6.45, 7) is 0.246. The Bertz CT molecular complexity index is 1150. The molecule has 0 radical (unpaired) electrons. The average Bonchev–Trinajstić information content (AvgIpc) is 2.74. The molecule has 0 aromatic heterocycles. The Kier molecular flexibility index (Phi) is 7.46. The van der Waals surface area contributed by atoms with Gasteiger partial charge in [0.1, 0.15) is 12.4 Å². The first kappa shape index (κ1) is 22.6. The minimum absolute atomic E-state index is 0.132. The molecule has 0 bridgehead atoms. The number of amides is 1. The van der Waals surface area contributed by atoms with E-state index in [4.69, 9.17) is 39.5 Å². The van der Waals surface area contributed by atoms with E-state index in [2.05, 4.69) is 10.5 Å². The summed E-state index contributed by atoms with van der Waals surface area (Å²) < 4.78 is 5.67. The average molecular weight is 479 g/mol. The number of rotatable bonds is 7. The minimum Gasteiger partial charge on any atom is -0.489 e. The number of carbonyl (C=O) groups is 1. The van der Waals surface area contributed by atoms with Gasteiger partial charge in [-0.2, -0.15) is 5.10 Å². The Labute approximate surface area is 192 Å². The fourth-order valence-corrected chi connectivity index (χ4v) is 3.10. The lowest BCUT2D eigenvalue weighted by molar-refractivity contribution is -0.384. The Morgan fingerprint density at radius 3 is 2.45 bits per heavy atom. The van der Waals surface area contributed by atoms with E-state index in [0.29, 0.717) is 26.9 Å². The number of carbonyl (C=O) groups excluding carboxylic acids is 1. The Hall–Kier alpha value is -3.13. The highest BCUT2D eigenvalue weighted by molar-refractivity contribution is 6.35. The van der Waals surface area contributed by atoms with Crippen LogP contribution in [0.5, 0.6) is 5.75 Å². The van der Waals surface area contributed by atoms with Crippen LogP contribution in [0, 0.1) is 10.1 Å². The van der Waals surface area contributed by atoms with Crippen molar-refractivity contribution >= 4 is 52.6 Å². The van der Waals surface area contributed by atoms with Gasteiger partial charge in [0.2, 0.25) is 0 Å². The predicted octanol–water partition coefficient (Wildman–Crippen LogP) is 5.90. The van der Waals surface area contributed by atoms with Crippen LogP contribution in [-0.2, 0) is 6.61 Å². The highest BCUT2D eigenvalue weighted by atomic mass is 35.5. The number of benzene rings is 3. The molecule has 0 saturated carbocycles. The molecule has 0 aliphatic rings. The summed E-state index contributed by atoms with van der Waals surface area (Å²) in [6, 6.07) is 15.5. The van der Waals surface area contributed by atoms with Crippen molar-refractivity contribution in [2.45, 2.75) is 6.61 Å². The Balaban J connectivity index is 1.58. The van der Waals surface area contributed by atoms with Gasteiger partial charge in [-0.3, -0.25) is 14.9 Å². The van der Waals surface area contributed by atoms with Crippen LogP contribution in [-0.4, -0.2) is 17.0 Å². The van der Waals surface area contributed by atoms with Crippen molar-refractivity contribution in [2.75, 3.05) is 0 Å². The second-order valence-corrected chi connectivity index (χ2v) is 7.46. The molecule has 0 aliphatic carbocycles. The van der Waals surface area contributed by atoms with Crippen molar-refractivity contribution in [3.05, 3.63) is 103 Å². The third-order valence-corrected chi connectivity index (χ3v) is 5.02. The molecular formula is C21H14Cl3N3O4. The summed E-state index contributed by atoms with van der Waals surface area (Å²) >= 11 is 18.0. The highest BCUT2D eigenvalue weighted by Gasteiger charge is 2.09. The molecule has 1 N–H and O–H groups in total. The van der Waals surface area contributed by atoms with E-state index in [1.165, 1.54) is 24.4 Å². The summed E-state index contributed by atoms with van der Waals surface area (Å²) in [4.78, 5) is 22.5. The molecule has 10 heteroatoms. The molecule has 0 heterocycles. The van der Waals surface area contributed by atoms with Crippen LogP contribution in [0.4, 0.5) is 5.69 Å².